The number of rotatable bonds is 6. The first-order valence-electron chi connectivity index (χ1n) is 9.63. The molecule has 0 bridgehead atoms. The first kappa shape index (κ1) is 22.4. The van der Waals surface area contributed by atoms with Crippen LogP contribution in [-0.2, 0) is 22.3 Å². The minimum absolute atomic E-state index is 0.0582. The molecular formula is C23H22F3NO4. The van der Waals surface area contributed by atoms with Gasteiger partial charge in [-0.2, -0.15) is 13.2 Å². The molecule has 0 fully saturated rings. The van der Waals surface area contributed by atoms with Gasteiger partial charge in [0.2, 0.25) is 0 Å². The Morgan fingerprint density at radius 2 is 1.81 bits per heavy atom. The molecule has 0 radical (unpaired) electrons. The van der Waals surface area contributed by atoms with E-state index in [4.69, 9.17) is 4.74 Å². The van der Waals surface area contributed by atoms with Gasteiger partial charge in [0.25, 0.3) is 5.91 Å². The molecule has 1 heterocycles. The van der Waals surface area contributed by atoms with Crippen LogP contribution in [-0.4, -0.2) is 28.8 Å². The van der Waals surface area contributed by atoms with Crippen LogP contribution in [0.2, 0.25) is 0 Å². The predicted molar refractivity (Wildman–Crippen MR) is 107 cm³/mol. The molecule has 2 aromatic rings. The van der Waals surface area contributed by atoms with Crippen LogP contribution < -0.4 is 4.74 Å². The van der Waals surface area contributed by atoms with Crippen LogP contribution in [0, 0.1) is 5.92 Å². The molecule has 1 atom stereocenters. The summed E-state index contributed by atoms with van der Waals surface area (Å²) in [4.78, 5) is 26.9. The van der Waals surface area contributed by atoms with Gasteiger partial charge in [-0.05, 0) is 35.4 Å². The minimum Gasteiger partial charge on any atom is -0.503 e. The topological polar surface area (TPSA) is 66.8 Å². The molecule has 0 aromatic heterocycles. The van der Waals surface area contributed by atoms with Crippen molar-refractivity contribution >= 4 is 11.7 Å². The van der Waals surface area contributed by atoms with Gasteiger partial charge in [0.15, 0.2) is 11.5 Å². The minimum atomic E-state index is -4.53. The molecule has 1 amide bonds. The van der Waals surface area contributed by atoms with Gasteiger partial charge >= 0.3 is 6.18 Å². The summed E-state index contributed by atoms with van der Waals surface area (Å²) < 4.78 is 44.5. The molecule has 2 aromatic carbocycles. The quantitative estimate of drug-likeness (QED) is 0.708. The predicted octanol–water partition coefficient (Wildman–Crippen LogP) is 4.83. The maximum Gasteiger partial charge on any atom is 0.416 e. The third-order valence-corrected chi connectivity index (χ3v) is 5.13. The summed E-state index contributed by atoms with van der Waals surface area (Å²) in [6.45, 7) is 3.08. The molecule has 3 rings (SSSR count). The van der Waals surface area contributed by atoms with Crippen LogP contribution in [0.25, 0.3) is 0 Å². The third kappa shape index (κ3) is 4.42. The Morgan fingerprint density at radius 3 is 2.35 bits per heavy atom. The van der Waals surface area contributed by atoms with Gasteiger partial charge in [-0.1, -0.05) is 38.1 Å². The van der Waals surface area contributed by atoms with E-state index in [-0.39, 0.29) is 17.7 Å². The van der Waals surface area contributed by atoms with Crippen molar-refractivity contribution in [3.63, 3.8) is 0 Å². The van der Waals surface area contributed by atoms with Gasteiger partial charge in [0, 0.05) is 12.5 Å². The van der Waals surface area contributed by atoms with Crippen LogP contribution in [0.4, 0.5) is 13.2 Å². The molecule has 31 heavy (non-hydrogen) atoms. The summed E-state index contributed by atoms with van der Waals surface area (Å²) in [7, 11) is 1.49. The van der Waals surface area contributed by atoms with Crippen molar-refractivity contribution in [2.75, 3.05) is 7.11 Å². The standard InChI is InChI=1S/C23H22F3NO4/c1-13(2)20(28)18-19(15-7-9-17(31-3)10-8-15)27(22(30)21(18)29)12-14-5-4-6-16(11-14)23(24,25)26/h4-11,13,19,29H,12H2,1-3H3. The van der Waals surface area contributed by atoms with Crippen molar-refractivity contribution in [1.29, 1.82) is 0 Å². The van der Waals surface area contributed by atoms with Crippen molar-refractivity contribution in [2.45, 2.75) is 32.6 Å². The van der Waals surface area contributed by atoms with Crippen molar-refractivity contribution in [2.24, 2.45) is 5.92 Å². The molecule has 1 unspecified atom stereocenters. The summed E-state index contributed by atoms with van der Waals surface area (Å²) in [6.07, 6.45) is -4.53. The Morgan fingerprint density at radius 1 is 1.16 bits per heavy atom. The molecule has 164 valence electrons. The molecule has 1 aliphatic rings. The molecular weight excluding hydrogens is 411 g/mol. The molecule has 1 N–H and O–H groups in total. The molecule has 0 saturated heterocycles. The van der Waals surface area contributed by atoms with Gasteiger partial charge in [-0.3, -0.25) is 9.59 Å². The second-order valence-electron chi connectivity index (χ2n) is 7.59. The summed E-state index contributed by atoms with van der Waals surface area (Å²) in [5.74, 6) is -1.81. The van der Waals surface area contributed by atoms with E-state index >= 15 is 0 Å². The number of Topliss-reactive ketones (excluding diaryl/α,β-unsaturated/α-hetero) is 1. The van der Waals surface area contributed by atoms with E-state index in [1.807, 2.05) is 0 Å². The van der Waals surface area contributed by atoms with E-state index in [1.54, 1.807) is 38.1 Å². The highest BCUT2D eigenvalue weighted by Crippen LogP contribution is 2.40. The number of carbonyl (C=O) groups is 2. The SMILES string of the molecule is COc1ccc(C2C(C(=O)C(C)C)=C(O)C(=O)N2Cc2cccc(C(F)(F)F)c2)cc1. The maximum absolute atomic E-state index is 13.1. The highest BCUT2D eigenvalue weighted by atomic mass is 19.4. The van der Waals surface area contributed by atoms with Crippen LogP contribution in [0.3, 0.4) is 0 Å². The van der Waals surface area contributed by atoms with Gasteiger partial charge in [-0.25, -0.2) is 0 Å². The Hall–Kier alpha value is -3.29. The highest BCUT2D eigenvalue weighted by Gasteiger charge is 2.44. The zero-order chi connectivity index (χ0) is 22.9. The summed E-state index contributed by atoms with van der Waals surface area (Å²) in [6, 6.07) is 10.3. The number of methoxy groups -OCH3 is 1. The van der Waals surface area contributed by atoms with Crippen LogP contribution in [0.15, 0.2) is 59.9 Å². The summed E-state index contributed by atoms with van der Waals surface area (Å²) in [5, 5.41) is 10.5. The highest BCUT2D eigenvalue weighted by molar-refractivity contribution is 6.09. The molecule has 5 nitrogen and oxygen atoms in total. The third-order valence-electron chi connectivity index (χ3n) is 5.13. The van der Waals surface area contributed by atoms with E-state index < -0.39 is 41.1 Å². The van der Waals surface area contributed by atoms with Gasteiger partial charge in [0.05, 0.1) is 24.3 Å². The number of benzene rings is 2. The van der Waals surface area contributed by atoms with Crippen molar-refractivity contribution in [1.82, 2.24) is 4.90 Å². The monoisotopic (exact) mass is 433 g/mol. The van der Waals surface area contributed by atoms with E-state index in [2.05, 4.69) is 0 Å². The fourth-order valence-corrected chi connectivity index (χ4v) is 3.55. The molecule has 0 spiro atoms. The number of halogens is 3. The van der Waals surface area contributed by atoms with Gasteiger partial charge in [-0.15, -0.1) is 0 Å². The first-order valence-corrected chi connectivity index (χ1v) is 9.63. The van der Waals surface area contributed by atoms with Crippen molar-refractivity contribution in [3.05, 3.63) is 76.6 Å². The lowest BCUT2D eigenvalue weighted by atomic mass is 9.91. The maximum atomic E-state index is 13.1. The largest absolute Gasteiger partial charge is 0.503 e. The number of amides is 1. The first-order chi connectivity index (χ1) is 14.5. The van der Waals surface area contributed by atoms with Crippen molar-refractivity contribution < 1.29 is 32.6 Å². The van der Waals surface area contributed by atoms with E-state index in [0.717, 1.165) is 12.1 Å². The number of carbonyl (C=O) groups excluding carboxylic acids is 2. The Balaban J connectivity index is 2.05. The van der Waals surface area contributed by atoms with E-state index in [1.165, 1.54) is 24.1 Å². The van der Waals surface area contributed by atoms with Gasteiger partial charge in [0.1, 0.15) is 5.75 Å². The average Bonchev–Trinajstić information content (AvgIpc) is 2.97. The number of nitrogens with zero attached hydrogens (tertiary/aromatic N) is 1. The number of ether oxygens (including phenoxy) is 1. The Bertz CT molecular complexity index is 1030. The molecule has 8 heteroatoms. The second-order valence-corrected chi connectivity index (χ2v) is 7.59. The fraction of sp³-hybridized carbons (Fsp3) is 0.304. The zero-order valence-electron chi connectivity index (χ0n) is 17.2. The van der Waals surface area contributed by atoms with E-state index in [0.29, 0.717) is 11.3 Å². The number of aliphatic hydroxyl groups is 1. The van der Waals surface area contributed by atoms with Crippen LogP contribution >= 0.6 is 0 Å². The van der Waals surface area contributed by atoms with Crippen LogP contribution in [0.1, 0.15) is 36.6 Å². The summed E-state index contributed by atoms with van der Waals surface area (Å²) in [5.41, 5.74) is -0.132. The van der Waals surface area contributed by atoms with Crippen LogP contribution in [0.5, 0.6) is 5.75 Å². The van der Waals surface area contributed by atoms with E-state index in [9.17, 15) is 27.9 Å². The number of aliphatic hydroxyl groups excluding tert-OH is 1. The number of ketones is 1. The van der Waals surface area contributed by atoms with Crippen molar-refractivity contribution in [3.8, 4) is 5.75 Å². The normalized spacial score (nSPS) is 16.9. The number of hydrogen-bond acceptors (Lipinski definition) is 4. The Labute approximate surface area is 177 Å². The zero-order valence-corrected chi connectivity index (χ0v) is 17.2. The summed E-state index contributed by atoms with van der Waals surface area (Å²) >= 11 is 0. The molecule has 0 aliphatic carbocycles. The fourth-order valence-electron chi connectivity index (χ4n) is 3.55. The smallest absolute Gasteiger partial charge is 0.416 e. The number of hydrogen-bond donors (Lipinski definition) is 1. The Kier molecular flexibility index (Phi) is 6.10. The molecule has 1 aliphatic heterocycles. The number of alkyl halides is 3. The average molecular weight is 433 g/mol. The second kappa shape index (κ2) is 8.45. The molecule has 0 saturated carbocycles. The van der Waals surface area contributed by atoms with Gasteiger partial charge < -0.3 is 14.7 Å². The lowest BCUT2D eigenvalue weighted by Crippen LogP contribution is -2.31. The lowest BCUT2D eigenvalue weighted by molar-refractivity contribution is -0.137. The lowest BCUT2D eigenvalue weighted by Gasteiger charge is -2.27.